The first-order valence-electron chi connectivity index (χ1n) is 7.10. The lowest BCUT2D eigenvalue weighted by molar-refractivity contribution is 1.23. The van der Waals surface area contributed by atoms with Gasteiger partial charge in [-0.05, 0) is 41.9 Å². The Kier molecular flexibility index (Phi) is 7.02. The van der Waals surface area contributed by atoms with Crippen molar-refractivity contribution in [3.8, 4) is 0 Å². The Morgan fingerprint density at radius 2 is 1.08 bits per heavy atom. The maximum Gasteiger partial charge on any atom is 0.0857 e. The summed E-state index contributed by atoms with van der Waals surface area (Å²) in [6, 6.07) is 25.8. The predicted molar refractivity (Wildman–Crippen MR) is 97.3 cm³/mol. The fraction of sp³-hybridized carbons (Fsp3) is 0. The fourth-order valence-corrected chi connectivity index (χ4v) is 1.81. The van der Waals surface area contributed by atoms with E-state index in [0.717, 1.165) is 10.7 Å². The van der Waals surface area contributed by atoms with E-state index in [4.69, 9.17) is 17.1 Å². The van der Waals surface area contributed by atoms with Crippen LogP contribution in [0.3, 0.4) is 0 Å². The number of hydrogen-bond acceptors (Lipinski definition) is 3. The molecule has 5 nitrogen and oxygen atoms in total. The normalized spacial score (nSPS) is 9.71. The van der Waals surface area contributed by atoms with Crippen LogP contribution in [0, 0.1) is 0 Å². The molecule has 0 saturated carbocycles. The smallest absolute Gasteiger partial charge is 0.0857 e. The Balaban J connectivity index is 0.000000249. The van der Waals surface area contributed by atoms with Gasteiger partial charge in [-0.1, -0.05) is 65.2 Å². The van der Waals surface area contributed by atoms with E-state index >= 15 is 0 Å². The second-order valence-electron chi connectivity index (χ2n) is 4.54. The van der Waals surface area contributed by atoms with Gasteiger partial charge in [0.05, 0.1) is 11.4 Å². The van der Waals surface area contributed by atoms with Gasteiger partial charge in [-0.3, -0.25) is 0 Å². The molecule has 0 aliphatic carbocycles. The number of azo groups is 1. The van der Waals surface area contributed by atoms with Gasteiger partial charge < -0.3 is 0 Å². The number of azide groups is 1. The highest BCUT2D eigenvalue weighted by atomic mass is 35.5. The fourth-order valence-electron chi connectivity index (χ4n) is 1.66. The minimum Gasteiger partial charge on any atom is -0.151 e. The Morgan fingerprint density at radius 1 is 0.625 bits per heavy atom. The minimum atomic E-state index is 0.561. The van der Waals surface area contributed by atoms with Gasteiger partial charge in [0.2, 0.25) is 0 Å². The zero-order valence-electron chi connectivity index (χ0n) is 12.7. The van der Waals surface area contributed by atoms with Crippen molar-refractivity contribution in [2.24, 2.45) is 15.3 Å². The van der Waals surface area contributed by atoms with Crippen molar-refractivity contribution >= 4 is 28.7 Å². The van der Waals surface area contributed by atoms with Gasteiger partial charge in [-0.25, -0.2) is 0 Å². The third-order valence-electron chi connectivity index (χ3n) is 2.78. The standard InChI is InChI=1S/C12H9N5.C6H5Cl/c13-17-16-12-8-6-11(7-9-12)15-14-10-4-2-1-3-5-10;7-6-4-2-1-3-5-6/h1-9H;1-5H/b15-14+;. The summed E-state index contributed by atoms with van der Waals surface area (Å²) in [6.45, 7) is 0. The van der Waals surface area contributed by atoms with Crippen LogP contribution in [0.4, 0.5) is 17.1 Å². The van der Waals surface area contributed by atoms with Gasteiger partial charge in [-0.15, -0.1) is 0 Å². The van der Waals surface area contributed by atoms with Crippen molar-refractivity contribution in [2.75, 3.05) is 0 Å². The van der Waals surface area contributed by atoms with Crippen LogP contribution >= 0.6 is 11.6 Å². The number of benzene rings is 3. The van der Waals surface area contributed by atoms with Crippen LogP contribution in [-0.4, -0.2) is 0 Å². The summed E-state index contributed by atoms with van der Waals surface area (Å²) in [6.07, 6.45) is 0. The number of hydrogen-bond donors (Lipinski definition) is 0. The zero-order chi connectivity index (χ0) is 17.0. The first kappa shape index (κ1) is 17.2. The highest BCUT2D eigenvalue weighted by molar-refractivity contribution is 6.30. The monoisotopic (exact) mass is 335 g/mol. The SMILES string of the molecule is Clc1ccccc1.[N-]=[N+]=Nc1ccc(/N=N/c2ccccc2)cc1. The molecule has 0 aliphatic heterocycles. The van der Waals surface area contributed by atoms with Gasteiger partial charge in [0.25, 0.3) is 0 Å². The molecule has 3 rings (SSSR count). The van der Waals surface area contributed by atoms with E-state index in [1.54, 1.807) is 24.3 Å². The van der Waals surface area contributed by atoms with Gasteiger partial charge in [0.1, 0.15) is 0 Å². The van der Waals surface area contributed by atoms with Crippen molar-refractivity contribution in [1.82, 2.24) is 0 Å². The summed E-state index contributed by atoms with van der Waals surface area (Å²) in [5, 5.41) is 12.4. The number of rotatable bonds is 3. The second kappa shape index (κ2) is 9.79. The zero-order valence-corrected chi connectivity index (χ0v) is 13.5. The molecule has 0 amide bonds. The lowest BCUT2D eigenvalue weighted by Gasteiger charge is -1.93. The lowest BCUT2D eigenvalue weighted by atomic mass is 10.3. The number of nitrogens with zero attached hydrogens (tertiary/aromatic N) is 5. The van der Waals surface area contributed by atoms with E-state index in [1.807, 2.05) is 60.7 Å². The summed E-state index contributed by atoms with van der Waals surface area (Å²) < 4.78 is 0. The van der Waals surface area contributed by atoms with Crippen molar-refractivity contribution in [1.29, 1.82) is 0 Å². The topological polar surface area (TPSA) is 73.5 Å². The molecule has 0 atom stereocenters. The van der Waals surface area contributed by atoms with E-state index in [2.05, 4.69) is 20.3 Å². The Hall–Kier alpha value is -3.14. The molecule has 3 aromatic carbocycles. The van der Waals surface area contributed by atoms with Crippen LogP contribution < -0.4 is 0 Å². The van der Waals surface area contributed by atoms with Crippen LogP contribution in [0.5, 0.6) is 0 Å². The van der Waals surface area contributed by atoms with Crippen LogP contribution in [0.15, 0.2) is 100 Å². The molecule has 0 bridgehead atoms. The molecule has 24 heavy (non-hydrogen) atoms. The Labute approximate surface area is 144 Å². The number of halogens is 1. The quantitative estimate of drug-likeness (QED) is 0.272. The highest BCUT2D eigenvalue weighted by Crippen LogP contribution is 2.21. The predicted octanol–water partition coefficient (Wildman–Crippen LogP) is 7.38. The Morgan fingerprint density at radius 3 is 1.54 bits per heavy atom. The molecule has 118 valence electrons. The molecule has 0 aliphatic rings. The molecule has 0 heterocycles. The second-order valence-corrected chi connectivity index (χ2v) is 4.97. The third kappa shape index (κ3) is 6.32. The molecule has 0 aromatic heterocycles. The molecule has 6 heteroatoms. The van der Waals surface area contributed by atoms with Crippen molar-refractivity contribution in [3.63, 3.8) is 0 Å². The van der Waals surface area contributed by atoms with Crippen molar-refractivity contribution in [3.05, 3.63) is 100 Å². The van der Waals surface area contributed by atoms with Crippen molar-refractivity contribution in [2.45, 2.75) is 0 Å². The van der Waals surface area contributed by atoms with E-state index in [0.29, 0.717) is 11.4 Å². The Bertz CT molecular complexity index is 811. The minimum absolute atomic E-state index is 0.561. The van der Waals surface area contributed by atoms with Gasteiger partial charge >= 0.3 is 0 Å². The largest absolute Gasteiger partial charge is 0.151 e. The molecule has 0 radical (unpaired) electrons. The molecule has 0 unspecified atom stereocenters. The molecular formula is C18H14ClN5. The van der Waals surface area contributed by atoms with E-state index in [9.17, 15) is 0 Å². The molecule has 0 fully saturated rings. The van der Waals surface area contributed by atoms with Crippen molar-refractivity contribution < 1.29 is 0 Å². The average molecular weight is 336 g/mol. The average Bonchev–Trinajstić information content (AvgIpc) is 2.63. The molecule has 3 aromatic rings. The summed E-state index contributed by atoms with van der Waals surface area (Å²) in [5.41, 5.74) is 10.3. The van der Waals surface area contributed by atoms with E-state index < -0.39 is 0 Å². The highest BCUT2D eigenvalue weighted by Gasteiger charge is 1.91. The lowest BCUT2D eigenvalue weighted by Crippen LogP contribution is -1.64. The maximum atomic E-state index is 8.26. The summed E-state index contributed by atoms with van der Waals surface area (Å²) in [4.78, 5) is 2.70. The van der Waals surface area contributed by atoms with Crippen LogP contribution in [0.25, 0.3) is 10.4 Å². The molecule has 0 saturated heterocycles. The van der Waals surface area contributed by atoms with Gasteiger partial charge in [0.15, 0.2) is 0 Å². The first-order chi connectivity index (χ1) is 11.8. The summed E-state index contributed by atoms with van der Waals surface area (Å²) in [5.74, 6) is 0. The summed E-state index contributed by atoms with van der Waals surface area (Å²) >= 11 is 5.54. The van der Waals surface area contributed by atoms with E-state index in [1.165, 1.54) is 0 Å². The van der Waals surface area contributed by atoms with Crippen LogP contribution in [-0.2, 0) is 0 Å². The van der Waals surface area contributed by atoms with Gasteiger partial charge in [-0.2, -0.15) is 10.2 Å². The van der Waals surface area contributed by atoms with E-state index in [-0.39, 0.29) is 0 Å². The molecule has 0 spiro atoms. The van der Waals surface area contributed by atoms with Gasteiger partial charge in [0, 0.05) is 15.6 Å². The third-order valence-corrected chi connectivity index (χ3v) is 3.03. The molecular weight excluding hydrogens is 322 g/mol. The maximum absolute atomic E-state index is 8.26. The molecule has 0 N–H and O–H groups in total. The summed E-state index contributed by atoms with van der Waals surface area (Å²) in [7, 11) is 0. The first-order valence-corrected chi connectivity index (χ1v) is 7.48. The van der Waals surface area contributed by atoms with Crippen LogP contribution in [0.2, 0.25) is 5.02 Å². The van der Waals surface area contributed by atoms with Crippen LogP contribution in [0.1, 0.15) is 0 Å².